The molecule has 0 bridgehead atoms. The number of benzene rings is 1. The molecule has 1 amide bonds. The van der Waals surface area contributed by atoms with Gasteiger partial charge in [-0.15, -0.1) is 11.3 Å². The van der Waals surface area contributed by atoms with E-state index in [2.05, 4.69) is 5.32 Å². The molecule has 0 fully saturated rings. The van der Waals surface area contributed by atoms with Crippen LogP contribution < -0.4 is 10.5 Å². The fourth-order valence-corrected chi connectivity index (χ4v) is 4.54. The standard InChI is InChI=1S/C21H20N2O8S2/c1-3-29-21(26)17-12(2)18(13-7-5-4-6-8-13)32-19(17)23-15(24)11-30-20(25)14-9-10-16(31-14)33(22,27)28/h4-10H,3,11H2,1-2H3,(H,23,24)(H2,22,27,28). The van der Waals surface area contributed by atoms with Gasteiger partial charge in [0.2, 0.25) is 10.9 Å². The minimum Gasteiger partial charge on any atom is -0.462 e. The summed E-state index contributed by atoms with van der Waals surface area (Å²) in [6.07, 6.45) is 0. The Morgan fingerprint density at radius 3 is 2.36 bits per heavy atom. The summed E-state index contributed by atoms with van der Waals surface area (Å²) in [7, 11) is -4.13. The van der Waals surface area contributed by atoms with Crippen LogP contribution in [0.15, 0.2) is 52.0 Å². The molecule has 3 aromatic rings. The Balaban J connectivity index is 1.76. The van der Waals surface area contributed by atoms with Crippen LogP contribution in [0.25, 0.3) is 10.4 Å². The average Bonchev–Trinajstić information content (AvgIpc) is 3.38. The first-order valence-corrected chi connectivity index (χ1v) is 11.9. The number of primary sulfonamides is 1. The molecule has 0 unspecified atom stereocenters. The molecular weight excluding hydrogens is 472 g/mol. The van der Waals surface area contributed by atoms with Gasteiger partial charge in [0.25, 0.3) is 15.9 Å². The molecule has 33 heavy (non-hydrogen) atoms. The number of sulfonamides is 1. The number of ether oxygens (including phenoxy) is 2. The second-order valence-electron chi connectivity index (χ2n) is 6.63. The molecule has 1 aromatic carbocycles. The zero-order valence-electron chi connectivity index (χ0n) is 17.6. The third-order valence-corrected chi connectivity index (χ3v) is 6.35. The molecule has 0 aliphatic rings. The number of hydrogen-bond acceptors (Lipinski definition) is 9. The van der Waals surface area contributed by atoms with Crippen molar-refractivity contribution in [1.82, 2.24) is 0 Å². The number of esters is 2. The van der Waals surface area contributed by atoms with Crippen molar-refractivity contribution in [2.75, 3.05) is 18.5 Å². The van der Waals surface area contributed by atoms with E-state index in [9.17, 15) is 22.8 Å². The van der Waals surface area contributed by atoms with Gasteiger partial charge in [0.1, 0.15) is 5.00 Å². The zero-order chi connectivity index (χ0) is 24.2. The van der Waals surface area contributed by atoms with E-state index >= 15 is 0 Å². The molecule has 0 radical (unpaired) electrons. The van der Waals surface area contributed by atoms with Gasteiger partial charge in [0.15, 0.2) is 6.61 Å². The number of carbonyl (C=O) groups is 3. The van der Waals surface area contributed by atoms with Crippen molar-refractivity contribution in [3.05, 3.63) is 59.4 Å². The van der Waals surface area contributed by atoms with Gasteiger partial charge in [-0.3, -0.25) is 4.79 Å². The lowest BCUT2D eigenvalue weighted by atomic mass is 10.1. The molecule has 0 aliphatic heterocycles. The first-order chi connectivity index (χ1) is 15.6. The Bertz CT molecular complexity index is 1290. The van der Waals surface area contributed by atoms with Crippen molar-refractivity contribution in [3.63, 3.8) is 0 Å². The monoisotopic (exact) mass is 492 g/mol. The summed E-state index contributed by atoms with van der Waals surface area (Å²) >= 11 is 1.19. The van der Waals surface area contributed by atoms with Crippen molar-refractivity contribution in [3.8, 4) is 10.4 Å². The van der Waals surface area contributed by atoms with Crippen LogP contribution in [0, 0.1) is 6.92 Å². The van der Waals surface area contributed by atoms with Crippen molar-refractivity contribution in [1.29, 1.82) is 0 Å². The molecule has 0 atom stereocenters. The van der Waals surface area contributed by atoms with Crippen molar-refractivity contribution in [2.45, 2.75) is 18.9 Å². The molecule has 12 heteroatoms. The fourth-order valence-electron chi connectivity index (χ4n) is 2.86. The van der Waals surface area contributed by atoms with Crippen LogP contribution in [0.4, 0.5) is 5.00 Å². The maximum Gasteiger partial charge on any atom is 0.374 e. The van der Waals surface area contributed by atoms with E-state index in [0.29, 0.717) is 5.56 Å². The maximum atomic E-state index is 12.5. The Kier molecular flexibility index (Phi) is 7.31. The highest BCUT2D eigenvalue weighted by atomic mass is 32.2. The van der Waals surface area contributed by atoms with E-state index in [1.54, 1.807) is 13.8 Å². The van der Waals surface area contributed by atoms with Gasteiger partial charge >= 0.3 is 11.9 Å². The lowest BCUT2D eigenvalue weighted by Gasteiger charge is -2.07. The SMILES string of the molecule is CCOC(=O)c1c(NC(=O)COC(=O)c2ccc(S(N)(=O)=O)o2)sc(-c2ccccc2)c1C. The molecule has 3 N–H and O–H groups in total. The van der Waals surface area contributed by atoms with Crippen molar-refractivity contribution in [2.24, 2.45) is 5.14 Å². The smallest absolute Gasteiger partial charge is 0.374 e. The highest BCUT2D eigenvalue weighted by Gasteiger charge is 2.25. The lowest BCUT2D eigenvalue weighted by molar-refractivity contribution is -0.119. The Hall–Kier alpha value is -3.48. The summed E-state index contributed by atoms with van der Waals surface area (Å²) < 4.78 is 37.3. The molecular formula is C21H20N2O8S2. The number of furan rings is 1. The number of anilines is 1. The van der Waals surface area contributed by atoms with Crippen molar-refractivity contribution < 1.29 is 36.7 Å². The van der Waals surface area contributed by atoms with E-state index in [4.69, 9.17) is 19.0 Å². The van der Waals surface area contributed by atoms with Gasteiger partial charge in [-0.05, 0) is 37.1 Å². The van der Waals surface area contributed by atoms with Crippen LogP contribution in [0.3, 0.4) is 0 Å². The number of hydrogen-bond donors (Lipinski definition) is 2. The minimum atomic E-state index is -4.13. The summed E-state index contributed by atoms with van der Waals surface area (Å²) in [6, 6.07) is 11.4. The van der Waals surface area contributed by atoms with E-state index < -0.39 is 45.3 Å². The summed E-state index contributed by atoms with van der Waals surface area (Å²) in [5.41, 5.74) is 1.72. The predicted octanol–water partition coefficient (Wildman–Crippen LogP) is 2.94. The maximum absolute atomic E-state index is 12.5. The van der Waals surface area contributed by atoms with Crippen LogP contribution in [0.2, 0.25) is 0 Å². The topological polar surface area (TPSA) is 155 Å². The van der Waals surface area contributed by atoms with Gasteiger partial charge in [-0.2, -0.15) is 0 Å². The summed E-state index contributed by atoms with van der Waals surface area (Å²) in [5, 5.41) is 7.13. The van der Waals surface area contributed by atoms with Crippen LogP contribution in [0.1, 0.15) is 33.4 Å². The van der Waals surface area contributed by atoms with Gasteiger partial charge in [0.05, 0.1) is 12.2 Å². The number of thiophene rings is 1. The van der Waals surface area contributed by atoms with E-state index in [1.807, 2.05) is 30.3 Å². The molecule has 174 valence electrons. The largest absolute Gasteiger partial charge is 0.462 e. The van der Waals surface area contributed by atoms with Crippen LogP contribution >= 0.6 is 11.3 Å². The predicted molar refractivity (Wildman–Crippen MR) is 119 cm³/mol. The van der Waals surface area contributed by atoms with Gasteiger partial charge in [-0.25, -0.2) is 23.1 Å². The Morgan fingerprint density at radius 1 is 1.06 bits per heavy atom. The van der Waals surface area contributed by atoms with Gasteiger partial charge < -0.3 is 19.2 Å². The minimum absolute atomic E-state index is 0.156. The number of nitrogens with one attached hydrogen (secondary N) is 1. The van der Waals surface area contributed by atoms with Gasteiger partial charge in [-0.1, -0.05) is 30.3 Å². The number of carbonyl (C=O) groups excluding carboxylic acids is 3. The number of rotatable bonds is 8. The van der Waals surface area contributed by atoms with Crippen LogP contribution in [-0.2, 0) is 24.3 Å². The number of amides is 1. The normalized spacial score (nSPS) is 11.1. The second-order valence-corrected chi connectivity index (χ2v) is 9.15. The summed E-state index contributed by atoms with van der Waals surface area (Å²) in [6.45, 7) is 2.87. The second kappa shape index (κ2) is 9.98. The summed E-state index contributed by atoms with van der Waals surface area (Å²) in [5.74, 6) is -2.80. The Morgan fingerprint density at radius 2 is 1.76 bits per heavy atom. The van der Waals surface area contributed by atoms with Crippen LogP contribution in [0.5, 0.6) is 0 Å². The molecule has 2 heterocycles. The quantitative estimate of drug-likeness (QED) is 0.455. The third kappa shape index (κ3) is 5.66. The van der Waals surface area contributed by atoms with E-state index in [0.717, 1.165) is 22.6 Å². The zero-order valence-corrected chi connectivity index (χ0v) is 19.2. The summed E-state index contributed by atoms with van der Waals surface area (Å²) in [4.78, 5) is 37.8. The lowest BCUT2D eigenvalue weighted by Crippen LogP contribution is -2.21. The molecule has 10 nitrogen and oxygen atoms in total. The highest BCUT2D eigenvalue weighted by Crippen LogP contribution is 2.40. The molecule has 0 saturated carbocycles. The highest BCUT2D eigenvalue weighted by molar-refractivity contribution is 7.89. The van der Waals surface area contributed by atoms with E-state index in [-0.39, 0.29) is 17.2 Å². The average molecular weight is 493 g/mol. The van der Waals surface area contributed by atoms with Crippen LogP contribution in [-0.4, -0.2) is 39.5 Å². The first-order valence-electron chi connectivity index (χ1n) is 9.57. The van der Waals surface area contributed by atoms with E-state index in [1.165, 1.54) is 11.3 Å². The Labute approximate surface area is 193 Å². The first kappa shape index (κ1) is 24.2. The molecule has 3 rings (SSSR count). The molecule has 2 aromatic heterocycles. The fraction of sp³-hybridized carbons (Fsp3) is 0.190. The third-order valence-electron chi connectivity index (χ3n) is 4.31. The number of nitrogens with two attached hydrogens (primary N) is 1. The molecule has 0 spiro atoms. The van der Waals surface area contributed by atoms with Crippen molar-refractivity contribution >= 4 is 44.2 Å². The van der Waals surface area contributed by atoms with Gasteiger partial charge in [0, 0.05) is 4.88 Å². The molecule has 0 aliphatic carbocycles. The molecule has 0 saturated heterocycles.